The predicted molar refractivity (Wildman–Crippen MR) is 133 cm³/mol. The smallest absolute Gasteiger partial charge is 0.233 e. The van der Waals surface area contributed by atoms with Gasteiger partial charge in [-0.05, 0) is 58.8 Å². The molecule has 9 heteroatoms. The van der Waals surface area contributed by atoms with Gasteiger partial charge in [0.1, 0.15) is 0 Å². The number of carbonyl (C=O) groups is 4. The van der Waals surface area contributed by atoms with Crippen LogP contribution in [0.2, 0.25) is 0 Å². The lowest BCUT2D eigenvalue weighted by Gasteiger charge is -2.42. The Hall–Kier alpha value is -3.20. The monoisotopic (exact) mass is 555 g/mol. The minimum atomic E-state index is -0.653. The SMILES string of the molecule is CCCN1C(=O)[C@H]2[C@H](CC=C3[C@H](c4cc(OC)c(O)c(OC)c4)C4=C(C[C@H]32)C(=O)C(Br)=CC4=O)C1=O. The van der Waals surface area contributed by atoms with Crippen molar-refractivity contribution < 1.29 is 33.8 Å². The molecule has 0 unspecified atom stereocenters. The molecule has 1 aromatic rings. The number of phenolic OH excluding ortho intramolecular Hbond substituents is 1. The molecule has 1 aliphatic heterocycles. The predicted octanol–water partition coefficient (Wildman–Crippen LogP) is 3.58. The molecule has 1 heterocycles. The molecular formula is C27H26BrNO7. The van der Waals surface area contributed by atoms with Crippen LogP contribution in [0.4, 0.5) is 0 Å². The van der Waals surface area contributed by atoms with Gasteiger partial charge < -0.3 is 14.6 Å². The van der Waals surface area contributed by atoms with Gasteiger partial charge in [0.15, 0.2) is 23.1 Å². The van der Waals surface area contributed by atoms with E-state index in [0.29, 0.717) is 36.1 Å². The molecule has 1 N–H and O–H groups in total. The Balaban J connectivity index is 1.71. The van der Waals surface area contributed by atoms with Gasteiger partial charge in [0.2, 0.25) is 17.6 Å². The molecule has 0 bridgehead atoms. The van der Waals surface area contributed by atoms with Crippen LogP contribution in [0, 0.1) is 17.8 Å². The van der Waals surface area contributed by atoms with Gasteiger partial charge in [0, 0.05) is 29.7 Å². The molecular weight excluding hydrogens is 530 g/mol. The Kier molecular flexibility index (Phi) is 6.14. The summed E-state index contributed by atoms with van der Waals surface area (Å²) in [5.41, 5.74) is 2.12. The first kappa shape index (κ1) is 24.5. The van der Waals surface area contributed by atoms with Crippen LogP contribution in [0.25, 0.3) is 0 Å². The summed E-state index contributed by atoms with van der Waals surface area (Å²) in [5.74, 6) is -2.95. The van der Waals surface area contributed by atoms with Crippen LogP contribution in [0.1, 0.15) is 37.7 Å². The van der Waals surface area contributed by atoms with Crippen molar-refractivity contribution in [2.75, 3.05) is 20.8 Å². The second-order valence-corrected chi connectivity index (χ2v) is 10.4. The maximum atomic E-state index is 13.5. The summed E-state index contributed by atoms with van der Waals surface area (Å²) in [4.78, 5) is 54.5. The summed E-state index contributed by atoms with van der Waals surface area (Å²) in [6.45, 7) is 2.28. The van der Waals surface area contributed by atoms with E-state index in [1.807, 2.05) is 13.0 Å². The molecule has 1 saturated heterocycles. The summed E-state index contributed by atoms with van der Waals surface area (Å²) in [6, 6.07) is 3.25. The first-order chi connectivity index (χ1) is 17.2. The van der Waals surface area contributed by atoms with Crippen LogP contribution in [-0.2, 0) is 19.2 Å². The second-order valence-electron chi connectivity index (χ2n) is 9.50. The number of ether oxygens (including phenoxy) is 2. The van der Waals surface area contributed by atoms with Crippen molar-refractivity contribution >= 4 is 39.3 Å². The number of methoxy groups -OCH3 is 2. The number of phenols is 1. The van der Waals surface area contributed by atoms with E-state index in [0.717, 1.165) is 5.57 Å². The number of rotatable bonds is 5. The number of amides is 2. The van der Waals surface area contributed by atoms with Gasteiger partial charge in [0.05, 0.1) is 30.5 Å². The highest BCUT2D eigenvalue weighted by atomic mass is 79.9. The molecule has 188 valence electrons. The number of Topliss-reactive ketones (excluding diaryl/α,β-unsaturated/α-hetero) is 1. The largest absolute Gasteiger partial charge is 0.502 e. The quantitative estimate of drug-likeness (QED) is 0.336. The number of benzene rings is 1. The van der Waals surface area contributed by atoms with Crippen LogP contribution >= 0.6 is 15.9 Å². The van der Waals surface area contributed by atoms with Crippen LogP contribution in [0.3, 0.4) is 0 Å². The third kappa shape index (κ3) is 3.47. The number of hydrogen-bond acceptors (Lipinski definition) is 7. The molecule has 0 aromatic heterocycles. The summed E-state index contributed by atoms with van der Waals surface area (Å²) in [5, 5.41) is 10.5. The first-order valence-corrected chi connectivity index (χ1v) is 12.7. The molecule has 4 atom stereocenters. The average molecular weight is 556 g/mol. The molecule has 5 rings (SSSR count). The van der Waals surface area contributed by atoms with Crippen LogP contribution < -0.4 is 9.47 Å². The topological polar surface area (TPSA) is 110 Å². The molecule has 2 amide bonds. The highest BCUT2D eigenvalue weighted by molar-refractivity contribution is 9.12. The lowest BCUT2D eigenvalue weighted by molar-refractivity contribution is -0.140. The van der Waals surface area contributed by atoms with E-state index in [1.54, 1.807) is 12.1 Å². The number of imide groups is 1. The van der Waals surface area contributed by atoms with E-state index >= 15 is 0 Å². The van der Waals surface area contributed by atoms with Gasteiger partial charge in [-0.3, -0.25) is 24.1 Å². The van der Waals surface area contributed by atoms with Crippen molar-refractivity contribution in [2.45, 2.75) is 32.1 Å². The molecule has 0 radical (unpaired) electrons. The molecule has 36 heavy (non-hydrogen) atoms. The van der Waals surface area contributed by atoms with E-state index in [9.17, 15) is 24.3 Å². The van der Waals surface area contributed by atoms with Crippen LogP contribution in [0.15, 0.2) is 45.5 Å². The van der Waals surface area contributed by atoms with Crippen molar-refractivity contribution in [2.24, 2.45) is 17.8 Å². The van der Waals surface area contributed by atoms with Crippen molar-refractivity contribution in [1.82, 2.24) is 4.90 Å². The van der Waals surface area contributed by atoms with Crippen LogP contribution in [0.5, 0.6) is 17.2 Å². The molecule has 1 fully saturated rings. The normalized spacial score (nSPS) is 27.4. The Morgan fingerprint density at radius 2 is 1.72 bits per heavy atom. The fraction of sp³-hybridized carbons (Fsp3) is 0.407. The van der Waals surface area contributed by atoms with E-state index < -0.39 is 23.7 Å². The second kappa shape index (κ2) is 9.03. The van der Waals surface area contributed by atoms with Gasteiger partial charge in [-0.15, -0.1) is 0 Å². The number of hydrogen-bond donors (Lipinski definition) is 1. The van der Waals surface area contributed by atoms with Gasteiger partial charge in [-0.2, -0.15) is 0 Å². The zero-order valence-electron chi connectivity index (χ0n) is 20.2. The van der Waals surface area contributed by atoms with Crippen molar-refractivity contribution in [1.29, 1.82) is 0 Å². The third-order valence-electron chi connectivity index (χ3n) is 7.71. The number of halogens is 1. The van der Waals surface area contributed by atoms with Crippen LogP contribution in [-0.4, -0.2) is 54.2 Å². The van der Waals surface area contributed by atoms with E-state index in [1.165, 1.54) is 25.2 Å². The summed E-state index contributed by atoms with van der Waals surface area (Å²) < 4.78 is 10.9. The molecule has 3 aliphatic carbocycles. The Morgan fingerprint density at radius 1 is 1.06 bits per heavy atom. The number of fused-ring (bicyclic) bond motifs is 3. The molecule has 8 nitrogen and oxygen atoms in total. The highest BCUT2D eigenvalue weighted by Gasteiger charge is 2.56. The minimum absolute atomic E-state index is 0.162. The fourth-order valence-electron chi connectivity index (χ4n) is 6.18. The maximum Gasteiger partial charge on any atom is 0.233 e. The summed E-state index contributed by atoms with van der Waals surface area (Å²) >= 11 is 3.22. The average Bonchev–Trinajstić information content (AvgIpc) is 3.11. The third-order valence-corrected chi connectivity index (χ3v) is 8.29. The summed E-state index contributed by atoms with van der Waals surface area (Å²) in [7, 11) is 2.83. The zero-order valence-corrected chi connectivity index (χ0v) is 21.8. The zero-order chi connectivity index (χ0) is 25.9. The van der Waals surface area contributed by atoms with E-state index in [-0.39, 0.29) is 51.5 Å². The number of aromatic hydroxyl groups is 1. The number of likely N-dealkylation sites (tertiary alicyclic amines) is 1. The van der Waals surface area contributed by atoms with Crippen molar-refractivity contribution in [3.63, 3.8) is 0 Å². The Bertz CT molecular complexity index is 1280. The molecule has 1 aromatic carbocycles. The Labute approximate surface area is 216 Å². The minimum Gasteiger partial charge on any atom is -0.502 e. The summed E-state index contributed by atoms with van der Waals surface area (Å²) in [6.07, 6.45) is 4.49. The lowest BCUT2D eigenvalue weighted by atomic mass is 9.59. The first-order valence-electron chi connectivity index (χ1n) is 11.9. The Morgan fingerprint density at radius 3 is 2.33 bits per heavy atom. The fourth-order valence-corrected chi connectivity index (χ4v) is 6.62. The standard InChI is InChI=1S/C27H26BrNO7/c1-4-7-29-26(33)14-6-5-13-15(22(14)27(29)34)10-16-23(18(30)11-17(28)24(16)31)21(13)12-8-19(35-2)25(32)20(9-12)36-3/h5,8-9,11,14-15,21-22,32H,4,6-7,10H2,1-3H3/t14-,15+,21-,22-/m0/s1. The van der Waals surface area contributed by atoms with Gasteiger partial charge >= 0.3 is 0 Å². The lowest BCUT2D eigenvalue weighted by Crippen LogP contribution is -2.39. The van der Waals surface area contributed by atoms with E-state index in [4.69, 9.17) is 9.47 Å². The van der Waals surface area contributed by atoms with Crippen molar-refractivity contribution in [3.05, 3.63) is 51.0 Å². The maximum absolute atomic E-state index is 13.5. The molecule has 0 spiro atoms. The van der Waals surface area contributed by atoms with Gasteiger partial charge in [-0.1, -0.05) is 18.6 Å². The number of allylic oxidation sites excluding steroid dienone is 6. The van der Waals surface area contributed by atoms with E-state index in [2.05, 4.69) is 15.9 Å². The van der Waals surface area contributed by atoms with Gasteiger partial charge in [-0.25, -0.2) is 0 Å². The van der Waals surface area contributed by atoms with Gasteiger partial charge in [0.25, 0.3) is 0 Å². The number of ketones is 2. The molecule has 0 saturated carbocycles. The number of carbonyl (C=O) groups excluding carboxylic acids is 4. The molecule has 4 aliphatic rings. The highest BCUT2D eigenvalue weighted by Crippen LogP contribution is 2.56. The van der Waals surface area contributed by atoms with Crippen molar-refractivity contribution in [3.8, 4) is 17.2 Å². The number of nitrogens with zero attached hydrogens (tertiary/aromatic N) is 1.